The van der Waals surface area contributed by atoms with E-state index in [2.05, 4.69) is 18.8 Å². The highest BCUT2D eigenvalue weighted by molar-refractivity contribution is 5.18. The molecule has 0 spiro atoms. The highest BCUT2D eigenvalue weighted by Gasteiger charge is 2.24. The molecule has 1 nitrogen and oxygen atoms in total. The normalized spacial score (nSPS) is 31.0. The van der Waals surface area contributed by atoms with Crippen LogP contribution in [0.3, 0.4) is 0 Å². The minimum absolute atomic E-state index is 0.504. The number of hydrogen-bond donors (Lipinski definition) is 0. The second-order valence-corrected chi connectivity index (χ2v) is 8.06. The molecule has 0 atom stereocenters. The third-order valence-electron chi connectivity index (χ3n) is 6.34. The quantitative estimate of drug-likeness (QED) is 0.389. The van der Waals surface area contributed by atoms with Crippen molar-refractivity contribution < 1.29 is 0 Å². The molecule has 0 aromatic carbocycles. The van der Waals surface area contributed by atoms with Crippen LogP contribution in [0.15, 0.2) is 0 Å². The number of nitriles is 1. The fourth-order valence-corrected chi connectivity index (χ4v) is 4.69. The highest BCUT2D eigenvalue weighted by atomic mass is 14.3. The van der Waals surface area contributed by atoms with Crippen molar-refractivity contribution in [2.45, 2.75) is 96.8 Å². The van der Waals surface area contributed by atoms with Crippen LogP contribution >= 0.6 is 0 Å². The summed E-state index contributed by atoms with van der Waals surface area (Å²) < 4.78 is 0. The van der Waals surface area contributed by atoms with E-state index in [0.717, 1.165) is 17.8 Å². The van der Waals surface area contributed by atoms with E-state index < -0.39 is 0 Å². The topological polar surface area (TPSA) is 23.8 Å². The predicted octanol–water partition coefficient (Wildman–Crippen LogP) is 6.49. The first-order chi connectivity index (χ1) is 11.3. The molecule has 1 heteroatoms. The van der Waals surface area contributed by atoms with Crippen LogP contribution in [-0.2, 0) is 0 Å². The highest BCUT2D eigenvalue weighted by Crippen LogP contribution is 2.37. The molecule has 0 bridgehead atoms. The van der Waals surface area contributed by atoms with Gasteiger partial charge in [0, 0.05) is 11.8 Å². The summed E-state index contributed by atoms with van der Waals surface area (Å²) in [6.07, 6.45) is 19.8. The molecular weight excluding hydrogens is 278 g/mol. The van der Waals surface area contributed by atoms with Gasteiger partial charge in [0.1, 0.15) is 0 Å². The fraction of sp³-hybridized carbons (Fsp3) is 0.864. The van der Waals surface area contributed by atoms with Crippen LogP contribution in [0.2, 0.25) is 0 Å². The minimum atomic E-state index is 0.504. The van der Waals surface area contributed by atoms with Gasteiger partial charge in [0.2, 0.25) is 0 Å². The van der Waals surface area contributed by atoms with Gasteiger partial charge in [0.15, 0.2) is 6.07 Å². The summed E-state index contributed by atoms with van der Waals surface area (Å²) in [5, 5.41) is 8.53. The van der Waals surface area contributed by atoms with Crippen molar-refractivity contribution in [3.63, 3.8) is 0 Å². The van der Waals surface area contributed by atoms with Gasteiger partial charge >= 0.3 is 0 Å². The molecule has 0 heterocycles. The van der Waals surface area contributed by atoms with Crippen LogP contribution < -0.4 is 0 Å². The summed E-state index contributed by atoms with van der Waals surface area (Å²) >= 11 is 0. The van der Waals surface area contributed by atoms with Gasteiger partial charge in [-0.2, -0.15) is 5.26 Å². The molecule has 2 rings (SSSR count). The maximum Gasteiger partial charge on any atom is 0.152 e. The van der Waals surface area contributed by atoms with Crippen molar-refractivity contribution in [2.75, 3.05) is 0 Å². The summed E-state index contributed by atoms with van der Waals surface area (Å²) in [6, 6.07) is 1.95. The molecule has 0 aromatic heterocycles. The van der Waals surface area contributed by atoms with E-state index in [1.165, 1.54) is 89.9 Å². The summed E-state index contributed by atoms with van der Waals surface area (Å²) in [6.45, 7) is 2.31. The average Bonchev–Trinajstić information content (AvgIpc) is 2.60. The number of nitrogens with zero attached hydrogens (tertiary/aromatic N) is 1. The molecule has 2 aliphatic rings. The molecule has 0 amide bonds. The van der Waals surface area contributed by atoms with Gasteiger partial charge in [-0.25, -0.2) is 0 Å². The SMILES string of the molecule is CCCCCC1CCC(CCC2CCC(C#CC#N)CC2)CC1. The Labute approximate surface area is 144 Å². The van der Waals surface area contributed by atoms with Gasteiger partial charge in [0.05, 0.1) is 0 Å². The van der Waals surface area contributed by atoms with E-state index in [0.29, 0.717) is 5.92 Å². The molecule has 0 radical (unpaired) electrons. The molecule has 2 aliphatic carbocycles. The molecule has 2 fully saturated rings. The first-order valence-corrected chi connectivity index (χ1v) is 10.2. The standard InChI is InChI=1S/C22H35N/c1-2-3-4-6-19-8-12-21(13-9-19)16-17-22-14-10-20(11-15-22)7-5-18-23/h19-22H,2-4,6,8-17H2,1H3. The number of hydrogen-bond acceptors (Lipinski definition) is 1. The summed E-state index contributed by atoms with van der Waals surface area (Å²) in [5.41, 5.74) is 0. The van der Waals surface area contributed by atoms with E-state index in [-0.39, 0.29) is 0 Å². The van der Waals surface area contributed by atoms with E-state index >= 15 is 0 Å². The van der Waals surface area contributed by atoms with Gasteiger partial charge in [0.25, 0.3) is 0 Å². The van der Waals surface area contributed by atoms with Crippen LogP contribution in [0.4, 0.5) is 0 Å². The second kappa shape index (κ2) is 10.8. The molecule has 0 unspecified atom stereocenters. The minimum Gasteiger partial charge on any atom is -0.183 e. The van der Waals surface area contributed by atoms with Crippen LogP contribution in [-0.4, -0.2) is 0 Å². The Morgan fingerprint density at radius 3 is 1.78 bits per heavy atom. The zero-order chi connectivity index (χ0) is 16.3. The summed E-state index contributed by atoms with van der Waals surface area (Å²) in [4.78, 5) is 0. The van der Waals surface area contributed by atoms with E-state index in [9.17, 15) is 0 Å². The lowest BCUT2D eigenvalue weighted by Gasteiger charge is -2.31. The maximum atomic E-state index is 8.53. The molecular formula is C22H35N. The van der Waals surface area contributed by atoms with Crippen molar-refractivity contribution in [3.8, 4) is 17.9 Å². The number of unbranched alkanes of at least 4 members (excludes halogenated alkanes) is 2. The predicted molar refractivity (Wildman–Crippen MR) is 97.7 cm³/mol. The van der Waals surface area contributed by atoms with Crippen LogP contribution in [0.5, 0.6) is 0 Å². The van der Waals surface area contributed by atoms with Gasteiger partial charge in [-0.15, -0.1) is 0 Å². The van der Waals surface area contributed by atoms with E-state index in [4.69, 9.17) is 5.26 Å². The average molecular weight is 314 g/mol. The lowest BCUT2D eigenvalue weighted by Crippen LogP contribution is -2.18. The van der Waals surface area contributed by atoms with Crippen molar-refractivity contribution in [1.82, 2.24) is 0 Å². The van der Waals surface area contributed by atoms with Crippen LogP contribution in [0, 0.1) is 46.8 Å². The maximum absolute atomic E-state index is 8.53. The fourth-order valence-electron chi connectivity index (χ4n) is 4.69. The summed E-state index contributed by atoms with van der Waals surface area (Å²) in [5.74, 6) is 9.22. The van der Waals surface area contributed by atoms with Crippen LogP contribution in [0.1, 0.15) is 96.8 Å². The van der Waals surface area contributed by atoms with Crippen molar-refractivity contribution >= 4 is 0 Å². The first kappa shape index (κ1) is 18.4. The molecule has 2 saturated carbocycles. The Morgan fingerprint density at radius 1 is 0.739 bits per heavy atom. The van der Waals surface area contributed by atoms with Crippen LogP contribution in [0.25, 0.3) is 0 Å². The largest absolute Gasteiger partial charge is 0.183 e. The zero-order valence-electron chi connectivity index (χ0n) is 15.2. The van der Waals surface area contributed by atoms with Gasteiger partial charge in [-0.1, -0.05) is 77.1 Å². The Kier molecular flexibility index (Phi) is 8.60. The third kappa shape index (κ3) is 6.99. The molecule has 0 N–H and O–H groups in total. The van der Waals surface area contributed by atoms with Gasteiger partial charge in [-0.3, -0.25) is 0 Å². The lowest BCUT2D eigenvalue weighted by atomic mass is 9.75. The second-order valence-electron chi connectivity index (χ2n) is 8.06. The smallest absolute Gasteiger partial charge is 0.152 e. The van der Waals surface area contributed by atoms with Gasteiger partial charge < -0.3 is 0 Å². The first-order valence-electron chi connectivity index (χ1n) is 10.2. The van der Waals surface area contributed by atoms with Gasteiger partial charge in [-0.05, 0) is 43.4 Å². The number of rotatable bonds is 7. The van der Waals surface area contributed by atoms with E-state index in [1.54, 1.807) is 0 Å². The van der Waals surface area contributed by atoms with E-state index in [1.807, 2.05) is 6.07 Å². The Bertz CT molecular complexity index is 405. The molecule has 0 aromatic rings. The zero-order valence-corrected chi connectivity index (χ0v) is 15.2. The van der Waals surface area contributed by atoms with Crippen molar-refractivity contribution in [2.24, 2.45) is 23.7 Å². The Balaban J connectivity index is 1.55. The Morgan fingerprint density at radius 2 is 1.26 bits per heavy atom. The molecule has 128 valence electrons. The monoisotopic (exact) mass is 313 g/mol. The van der Waals surface area contributed by atoms with Crippen molar-refractivity contribution in [3.05, 3.63) is 0 Å². The van der Waals surface area contributed by atoms with Crippen molar-refractivity contribution in [1.29, 1.82) is 5.26 Å². The summed E-state index contributed by atoms with van der Waals surface area (Å²) in [7, 11) is 0. The lowest BCUT2D eigenvalue weighted by molar-refractivity contribution is 0.220. The third-order valence-corrected chi connectivity index (χ3v) is 6.34. The molecule has 23 heavy (non-hydrogen) atoms. The Hall–Kier alpha value is -0.950. The molecule has 0 saturated heterocycles. The molecule has 0 aliphatic heterocycles.